The number of hydrogen-bond donors (Lipinski definition) is 0. The molecule has 0 aromatic rings. The summed E-state index contributed by atoms with van der Waals surface area (Å²) >= 11 is 0. The Morgan fingerprint density at radius 1 is 1.33 bits per heavy atom. The molecule has 1 atom stereocenters. The van der Waals surface area contributed by atoms with Crippen LogP contribution in [-0.4, -0.2) is 11.9 Å². The minimum Gasteiger partial charge on any atom is -0.414 e. The first-order valence-corrected chi connectivity index (χ1v) is 4.49. The maximum Gasteiger partial charge on any atom is 1.00 e. The van der Waals surface area contributed by atoms with Gasteiger partial charge in [0.1, 0.15) is 0 Å². The van der Waals surface area contributed by atoms with Gasteiger partial charge in [0, 0.05) is 6.42 Å². The zero-order valence-corrected chi connectivity index (χ0v) is 10.9. The molecule has 64 valence electrons. The van der Waals surface area contributed by atoms with Crippen molar-refractivity contribution in [2.75, 3.05) is 0 Å². The molecule has 0 amide bonds. The van der Waals surface area contributed by atoms with Gasteiger partial charge in [-0.3, -0.25) is 4.79 Å². The van der Waals surface area contributed by atoms with E-state index >= 15 is 0 Å². The van der Waals surface area contributed by atoms with Gasteiger partial charge in [-0.2, -0.15) is 0 Å². The van der Waals surface area contributed by atoms with Gasteiger partial charge in [-0.05, 0) is 12.8 Å². The smallest absolute Gasteiger partial charge is 0.414 e. The molecular formula is C6H9KO4S. The number of carbonyl (C=O) groups is 1. The summed E-state index contributed by atoms with van der Waals surface area (Å²) in [6.07, 6.45) is 1.99. The van der Waals surface area contributed by atoms with Crippen LogP contribution in [0.15, 0.2) is 0 Å². The largest absolute Gasteiger partial charge is 1.00 e. The van der Waals surface area contributed by atoms with E-state index in [1.807, 2.05) is 0 Å². The van der Waals surface area contributed by atoms with Crippen molar-refractivity contribution in [3.05, 3.63) is 0 Å². The monoisotopic (exact) mass is 216 g/mol. The third kappa shape index (κ3) is 4.45. The molecule has 1 fully saturated rings. The first-order chi connectivity index (χ1) is 5.20. The molecule has 1 unspecified atom stereocenters. The first kappa shape index (κ1) is 13.2. The van der Waals surface area contributed by atoms with E-state index in [0.29, 0.717) is 12.8 Å². The van der Waals surface area contributed by atoms with Crippen molar-refractivity contribution in [2.24, 2.45) is 0 Å². The minimum absolute atomic E-state index is 0. The molecule has 0 saturated heterocycles. The molecule has 0 aliphatic heterocycles. The van der Waals surface area contributed by atoms with Gasteiger partial charge in [0.25, 0.3) is 0 Å². The Balaban J connectivity index is 0.00000121. The van der Waals surface area contributed by atoms with Crippen LogP contribution in [0, 0.1) is 0 Å². The van der Waals surface area contributed by atoms with Crippen LogP contribution in [0.3, 0.4) is 0 Å². The first-order valence-electron chi connectivity index (χ1n) is 3.49. The summed E-state index contributed by atoms with van der Waals surface area (Å²) < 4.78 is 24.4. The number of ketones is 1. The van der Waals surface area contributed by atoms with E-state index in [2.05, 4.69) is 4.18 Å². The molecular weight excluding hydrogens is 207 g/mol. The molecule has 0 N–H and O–H groups in total. The SMILES string of the molecule is O=C1CCCCC1O[S-](=O)=O.[K+]. The van der Waals surface area contributed by atoms with Crippen molar-refractivity contribution in [1.29, 1.82) is 0 Å². The Labute approximate surface area is 116 Å². The fraction of sp³-hybridized carbons (Fsp3) is 0.833. The van der Waals surface area contributed by atoms with Crippen LogP contribution in [-0.2, 0) is 28.4 Å². The number of carbonyl (C=O) groups excluding carboxylic acids is 1. The van der Waals surface area contributed by atoms with E-state index in [4.69, 9.17) is 0 Å². The fourth-order valence-corrected chi connectivity index (χ4v) is 1.54. The van der Waals surface area contributed by atoms with Crippen LogP contribution >= 0.6 is 0 Å². The number of Topliss-reactive ketones (excluding diaryl/α,β-unsaturated/α-hetero) is 1. The Morgan fingerprint density at radius 3 is 2.50 bits per heavy atom. The maximum absolute atomic E-state index is 10.9. The molecule has 1 aliphatic rings. The quantitative estimate of drug-likeness (QED) is 0.386. The summed E-state index contributed by atoms with van der Waals surface area (Å²) in [6.45, 7) is 0. The van der Waals surface area contributed by atoms with Crippen LogP contribution in [0.1, 0.15) is 25.7 Å². The molecule has 0 bridgehead atoms. The Hall–Kier alpha value is 1.22. The topological polar surface area (TPSA) is 60.4 Å². The van der Waals surface area contributed by atoms with Gasteiger partial charge < -0.3 is 12.6 Å². The van der Waals surface area contributed by atoms with Crippen LogP contribution in [0.2, 0.25) is 0 Å². The second-order valence-electron chi connectivity index (χ2n) is 2.50. The molecule has 0 spiro atoms. The molecule has 1 rings (SSSR count). The molecule has 1 saturated carbocycles. The molecule has 1 aliphatic carbocycles. The Kier molecular flexibility index (Phi) is 7.31. The summed E-state index contributed by atoms with van der Waals surface area (Å²) in [6, 6.07) is 0. The third-order valence-electron chi connectivity index (χ3n) is 1.69. The van der Waals surface area contributed by atoms with Gasteiger partial charge in [0.2, 0.25) is 0 Å². The normalized spacial score (nSPS) is 23.8. The second kappa shape index (κ2) is 6.64. The van der Waals surface area contributed by atoms with Gasteiger partial charge in [0.15, 0.2) is 5.78 Å². The van der Waals surface area contributed by atoms with Crippen molar-refractivity contribution >= 4 is 16.8 Å². The summed E-state index contributed by atoms with van der Waals surface area (Å²) in [5.74, 6) is -0.0968. The molecule has 0 aromatic carbocycles. The van der Waals surface area contributed by atoms with E-state index in [0.717, 1.165) is 12.8 Å². The van der Waals surface area contributed by atoms with E-state index < -0.39 is 17.1 Å². The van der Waals surface area contributed by atoms with Crippen LogP contribution in [0.25, 0.3) is 0 Å². The summed E-state index contributed by atoms with van der Waals surface area (Å²) in [5.41, 5.74) is 0. The van der Waals surface area contributed by atoms with Gasteiger partial charge in [0.05, 0.1) is 17.1 Å². The Morgan fingerprint density at radius 2 is 2.00 bits per heavy atom. The van der Waals surface area contributed by atoms with Crippen molar-refractivity contribution in [3.8, 4) is 0 Å². The van der Waals surface area contributed by atoms with Crippen molar-refractivity contribution in [2.45, 2.75) is 31.8 Å². The summed E-state index contributed by atoms with van der Waals surface area (Å²) in [5, 5.41) is 0. The standard InChI is InChI=1S/C6H9O4S.K/c7-5-3-1-2-4-6(5)10-11(8)9;/h6H,1-4H2;/q-1;+1. The van der Waals surface area contributed by atoms with E-state index in [1.165, 1.54) is 0 Å². The molecule has 0 radical (unpaired) electrons. The minimum atomic E-state index is -2.55. The zero-order chi connectivity index (χ0) is 8.27. The van der Waals surface area contributed by atoms with Crippen molar-refractivity contribution in [3.63, 3.8) is 0 Å². The van der Waals surface area contributed by atoms with Gasteiger partial charge in [-0.25, -0.2) is 0 Å². The fourth-order valence-electron chi connectivity index (χ4n) is 1.15. The third-order valence-corrected chi connectivity index (χ3v) is 2.08. The summed E-state index contributed by atoms with van der Waals surface area (Å²) in [4.78, 5) is 10.9. The molecule has 0 aromatic heterocycles. The van der Waals surface area contributed by atoms with Crippen molar-refractivity contribution in [1.82, 2.24) is 0 Å². The van der Waals surface area contributed by atoms with Crippen LogP contribution < -0.4 is 51.4 Å². The van der Waals surface area contributed by atoms with Crippen LogP contribution in [0.5, 0.6) is 0 Å². The van der Waals surface area contributed by atoms with Crippen LogP contribution in [0.4, 0.5) is 0 Å². The molecule has 12 heavy (non-hydrogen) atoms. The van der Waals surface area contributed by atoms with E-state index in [1.54, 1.807) is 0 Å². The molecule has 0 heterocycles. The second-order valence-corrected chi connectivity index (χ2v) is 3.10. The molecule has 6 heteroatoms. The Bertz CT molecular complexity index is 218. The van der Waals surface area contributed by atoms with E-state index in [9.17, 15) is 13.2 Å². The maximum atomic E-state index is 10.9. The van der Waals surface area contributed by atoms with Crippen molar-refractivity contribution < 1.29 is 68.8 Å². The number of rotatable bonds is 2. The predicted octanol–water partition coefficient (Wildman–Crippen LogP) is -2.26. The predicted molar refractivity (Wildman–Crippen MR) is 37.1 cm³/mol. The zero-order valence-electron chi connectivity index (χ0n) is 6.95. The van der Waals surface area contributed by atoms with Gasteiger partial charge in [-0.15, -0.1) is 0 Å². The summed E-state index contributed by atoms with van der Waals surface area (Å²) in [7, 11) is -2.55. The average molecular weight is 216 g/mol. The van der Waals surface area contributed by atoms with Gasteiger partial charge in [-0.1, -0.05) is 6.42 Å². The number of hydrogen-bond acceptors (Lipinski definition) is 5. The average Bonchev–Trinajstić information content (AvgIpc) is 1.93. The van der Waals surface area contributed by atoms with Gasteiger partial charge >= 0.3 is 51.4 Å². The van der Waals surface area contributed by atoms with E-state index in [-0.39, 0.29) is 57.2 Å². The molecule has 4 nitrogen and oxygen atoms in total.